The molecular weight excluding hydrogens is 450 g/mol. The van der Waals surface area contributed by atoms with Gasteiger partial charge in [0, 0.05) is 6.20 Å². The summed E-state index contributed by atoms with van der Waals surface area (Å²) in [5.74, 6) is -0.605. The van der Waals surface area contributed by atoms with Crippen molar-refractivity contribution < 1.29 is 14.3 Å². The summed E-state index contributed by atoms with van der Waals surface area (Å²) in [6.07, 6.45) is 3.40. The Bertz CT molecular complexity index is 1100. The Morgan fingerprint density at radius 3 is 2.57 bits per heavy atom. The average molecular weight is 474 g/mol. The van der Waals surface area contributed by atoms with Crippen LogP contribution >= 0.6 is 15.9 Å². The molecule has 0 spiro atoms. The van der Waals surface area contributed by atoms with Gasteiger partial charge in [0.15, 0.2) is 0 Å². The number of hydrogen-bond acceptors (Lipinski definition) is 5. The molecule has 3 aromatic rings. The van der Waals surface area contributed by atoms with Gasteiger partial charge in [-0.05, 0) is 55.3 Å². The van der Waals surface area contributed by atoms with Gasteiger partial charge >= 0.3 is 5.97 Å². The van der Waals surface area contributed by atoms with Crippen LogP contribution in [0.25, 0.3) is 0 Å². The van der Waals surface area contributed by atoms with Gasteiger partial charge in [0.1, 0.15) is 5.54 Å². The van der Waals surface area contributed by atoms with Crippen molar-refractivity contribution in [2.24, 2.45) is 0 Å². The molecule has 158 valence electrons. The Labute approximate surface area is 183 Å². The van der Waals surface area contributed by atoms with Crippen LogP contribution in [0, 0.1) is 13.8 Å². The maximum absolute atomic E-state index is 13.0. The lowest BCUT2D eigenvalue weighted by Crippen LogP contribution is -2.40. The van der Waals surface area contributed by atoms with Crippen LogP contribution in [0.3, 0.4) is 0 Å². The zero-order chi connectivity index (χ0) is 22.1. The summed E-state index contributed by atoms with van der Waals surface area (Å²) in [7, 11) is 1.36. The number of halogens is 1. The highest BCUT2D eigenvalue weighted by Crippen LogP contribution is 2.25. The summed E-state index contributed by atoms with van der Waals surface area (Å²) in [6.45, 7) is 7.69. The quantitative estimate of drug-likeness (QED) is 0.551. The number of hydrogen-bond donors (Lipinski definition) is 1. The summed E-state index contributed by atoms with van der Waals surface area (Å²) < 4.78 is 9.04. The molecule has 9 heteroatoms. The van der Waals surface area contributed by atoms with E-state index in [0.29, 0.717) is 23.5 Å². The number of anilines is 1. The minimum absolute atomic E-state index is 0.209. The fourth-order valence-corrected chi connectivity index (χ4v) is 3.42. The van der Waals surface area contributed by atoms with E-state index in [1.165, 1.54) is 7.11 Å². The topological polar surface area (TPSA) is 91.0 Å². The maximum Gasteiger partial charge on any atom is 0.338 e. The fourth-order valence-electron chi connectivity index (χ4n) is 3.14. The fraction of sp³-hybridized carbons (Fsp3) is 0.333. The lowest BCUT2D eigenvalue weighted by molar-refractivity contribution is -0.123. The lowest BCUT2D eigenvalue weighted by atomic mass is 10.0. The van der Waals surface area contributed by atoms with Crippen molar-refractivity contribution in [3.05, 3.63) is 63.6 Å². The molecule has 1 aromatic carbocycles. The highest BCUT2D eigenvalue weighted by atomic mass is 79.9. The Morgan fingerprint density at radius 2 is 1.93 bits per heavy atom. The van der Waals surface area contributed by atoms with E-state index < -0.39 is 11.5 Å². The number of carbonyl (C=O) groups excluding carboxylic acids is 2. The van der Waals surface area contributed by atoms with Crippen molar-refractivity contribution in [1.82, 2.24) is 19.6 Å². The van der Waals surface area contributed by atoms with Crippen molar-refractivity contribution >= 4 is 33.5 Å². The van der Waals surface area contributed by atoms with Gasteiger partial charge in [-0.25, -0.2) is 4.79 Å². The molecule has 0 saturated carbocycles. The molecule has 0 bridgehead atoms. The zero-order valence-electron chi connectivity index (χ0n) is 17.6. The van der Waals surface area contributed by atoms with Gasteiger partial charge in [-0.2, -0.15) is 10.2 Å². The number of esters is 1. The van der Waals surface area contributed by atoms with Crippen LogP contribution < -0.4 is 5.32 Å². The van der Waals surface area contributed by atoms with Gasteiger partial charge in [0.2, 0.25) is 0 Å². The minimum Gasteiger partial charge on any atom is -0.465 e. The van der Waals surface area contributed by atoms with E-state index in [1.807, 2.05) is 26.0 Å². The largest absolute Gasteiger partial charge is 0.465 e. The van der Waals surface area contributed by atoms with Crippen LogP contribution in [-0.4, -0.2) is 38.5 Å². The van der Waals surface area contributed by atoms with Crippen molar-refractivity contribution in [2.75, 3.05) is 12.4 Å². The molecular formula is C21H24BrN5O3. The van der Waals surface area contributed by atoms with E-state index in [0.717, 1.165) is 15.7 Å². The molecule has 8 nitrogen and oxygen atoms in total. The Kier molecular flexibility index (Phi) is 6.12. The molecule has 0 aliphatic heterocycles. The number of amides is 1. The molecule has 3 rings (SSSR count). The SMILES string of the molecule is COC(=O)c1ccccc1Cn1nc(C)c(NC(=O)C(C)(C)n2cc(Br)cn2)c1C. The van der Waals surface area contributed by atoms with Crippen LogP contribution in [-0.2, 0) is 21.6 Å². The van der Waals surface area contributed by atoms with E-state index in [9.17, 15) is 9.59 Å². The first-order chi connectivity index (χ1) is 14.1. The van der Waals surface area contributed by atoms with Crippen molar-refractivity contribution in [2.45, 2.75) is 39.8 Å². The molecule has 0 radical (unpaired) electrons. The third-order valence-corrected chi connectivity index (χ3v) is 5.45. The van der Waals surface area contributed by atoms with Crippen LogP contribution in [0.1, 0.15) is 41.2 Å². The number of aryl methyl sites for hydroxylation is 1. The number of nitrogens with one attached hydrogen (secondary N) is 1. The number of ether oxygens (including phenoxy) is 1. The number of nitrogens with zero attached hydrogens (tertiary/aromatic N) is 4. The molecule has 30 heavy (non-hydrogen) atoms. The summed E-state index contributed by atoms with van der Waals surface area (Å²) in [4.78, 5) is 25.1. The van der Waals surface area contributed by atoms with Crippen molar-refractivity contribution in [3.8, 4) is 0 Å². The second kappa shape index (κ2) is 8.43. The first-order valence-electron chi connectivity index (χ1n) is 9.37. The van der Waals surface area contributed by atoms with Crippen LogP contribution in [0.2, 0.25) is 0 Å². The van der Waals surface area contributed by atoms with Crippen molar-refractivity contribution in [3.63, 3.8) is 0 Å². The smallest absolute Gasteiger partial charge is 0.338 e. The Morgan fingerprint density at radius 1 is 1.23 bits per heavy atom. The Balaban J connectivity index is 1.86. The third kappa shape index (κ3) is 4.16. The van der Waals surface area contributed by atoms with E-state index in [1.54, 1.807) is 47.7 Å². The molecule has 0 atom stereocenters. The van der Waals surface area contributed by atoms with Crippen LogP contribution in [0.4, 0.5) is 5.69 Å². The normalized spacial score (nSPS) is 11.4. The third-order valence-electron chi connectivity index (χ3n) is 5.04. The summed E-state index contributed by atoms with van der Waals surface area (Å²) in [6, 6.07) is 7.24. The van der Waals surface area contributed by atoms with Crippen LogP contribution in [0.15, 0.2) is 41.1 Å². The zero-order valence-corrected chi connectivity index (χ0v) is 19.1. The Hall–Kier alpha value is -2.94. The average Bonchev–Trinajstić information content (AvgIpc) is 3.27. The van der Waals surface area contributed by atoms with Gasteiger partial charge in [-0.15, -0.1) is 0 Å². The van der Waals surface area contributed by atoms with Crippen molar-refractivity contribution in [1.29, 1.82) is 0 Å². The standard InChI is InChI=1S/C21H24BrN5O3/c1-13-18(24-20(29)21(3,4)27-12-16(22)10-23-27)14(2)26(25-13)11-15-8-6-7-9-17(15)19(28)30-5/h6-10,12H,11H2,1-5H3,(H,24,29). The van der Waals surface area contributed by atoms with Gasteiger partial charge in [-0.1, -0.05) is 18.2 Å². The van der Waals surface area contributed by atoms with E-state index in [2.05, 4.69) is 31.4 Å². The number of methoxy groups -OCH3 is 1. The van der Waals surface area contributed by atoms with Gasteiger partial charge < -0.3 is 10.1 Å². The van der Waals surface area contributed by atoms with E-state index in [-0.39, 0.29) is 5.91 Å². The molecule has 0 fully saturated rings. The molecule has 0 unspecified atom stereocenters. The maximum atomic E-state index is 13.0. The monoisotopic (exact) mass is 473 g/mol. The number of carbonyl (C=O) groups is 2. The van der Waals surface area contributed by atoms with E-state index >= 15 is 0 Å². The number of benzene rings is 1. The predicted octanol–water partition coefficient (Wildman–Crippen LogP) is 3.67. The first-order valence-corrected chi connectivity index (χ1v) is 10.2. The highest BCUT2D eigenvalue weighted by molar-refractivity contribution is 9.10. The number of aromatic nitrogens is 4. The summed E-state index contributed by atoms with van der Waals surface area (Å²) in [5, 5.41) is 11.8. The second-order valence-electron chi connectivity index (χ2n) is 7.47. The second-order valence-corrected chi connectivity index (χ2v) is 8.38. The molecule has 0 saturated heterocycles. The minimum atomic E-state index is -0.898. The molecule has 0 aliphatic carbocycles. The van der Waals surface area contributed by atoms with Crippen LogP contribution in [0.5, 0.6) is 0 Å². The summed E-state index contributed by atoms with van der Waals surface area (Å²) >= 11 is 3.36. The molecule has 0 aliphatic rings. The summed E-state index contributed by atoms with van der Waals surface area (Å²) in [5.41, 5.74) is 2.50. The molecule has 1 amide bonds. The first kappa shape index (κ1) is 21.8. The predicted molar refractivity (Wildman–Crippen MR) is 116 cm³/mol. The van der Waals surface area contributed by atoms with Gasteiger partial charge in [-0.3, -0.25) is 14.2 Å². The van der Waals surface area contributed by atoms with Gasteiger partial charge in [0.05, 0.1) is 47.0 Å². The molecule has 1 N–H and O–H groups in total. The highest BCUT2D eigenvalue weighted by Gasteiger charge is 2.32. The van der Waals surface area contributed by atoms with Gasteiger partial charge in [0.25, 0.3) is 5.91 Å². The molecule has 2 heterocycles. The van der Waals surface area contributed by atoms with E-state index in [4.69, 9.17) is 4.74 Å². The number of rotatable bonds is 6. The lowest BCUT2D eigenvalue weighted by Gasteiger charge is -2.24. The molecule has 2 aromatic heterocycles.